The molecule has 0 bridgehead atoms. The van der Waals surface area contributed by atoms with Crippen LogP contribution in [0.5, 0.6) is 5.88 Å². The Kier molecular flexibility index (Phi) is 2.64. The van der Waals surface area contributed by atoms with E-state index in [0.717, 1.165) is 31.2 Å². The Morgan fingerprint density at radius 3 is 3.12 bits per heavy atom. The van der Waals surface area contributed by atoms with Gasteiger partial charge in [0.2, 0.25) is 5.88 Å². The predicted molar refractivity (Wildman–Crippen MR) is 62.5 cm³/mol. The third-order valence-electron chi connectivity index (χ3n) is 3.13. The lowest BCUT2D eigenvalue weighted by molar-refractivity contribution is 0.140. The molecule has 6 heteroatoms. The van der Waals surface area contributed by atoms with Crippen LogP contribution in [0.4, 0.5) is 0 Å². The normalized spacial score (nSPS) is 25.0. The van der Waals surface area contributed by atoms with E-state index in [1.807, 2.05) is 0 Å². The van der Waals surface area contributed by atoms with E-state index in [4.69, 9.17) is 10.5 Å². The van der Waals surface area contributed by atoms with Crippen LogP contribution < -0.4 is 10.5 Å². The van der Waals surface area contributed by atoms with Gasteiger partial charge in [-0.2, -0.15) is 4.98 Å². The van der Waals surface area contributed by atoms with Crippen molar-refractivity contribution >= 4 is 11.2 Å². The number of fused-ring (bicyclic) bond motifs is 1. The zero-order valence-corrected chi connectivity index (χ0v) is 9.47. The van der Waals surface area contributed by atoms with E-state index in [-0.39, 0.29) is 12.1 Å². The summed E-state index contributed by atoms with van der Waals surface area (Å²) >= 11 is 0. The number of rotatable bonds is 2. The number of ether oxygens (including phenoxy) is 1. The fourth-order valence-corrected chi connectivity index (χ4v) is 2.28. The fraction of sp³-hybridized carbons (Fsp3) is 0.545. The third kappa shape index (κ3) is 2.08. The van der Waals surface area contributed by atoms with Crippen molar-refractivity contribution < 1.29 is 4.74 Å². The first-order chi connectivity index (χ1) is 8.33. The highest BCUT2D eigenvalue weighted by Gasteiger charge is 2.22. The molecule has 90 valence electrons. The molecule has 3 rings (SSSR count). The summed E-state index contributed by atoms with van der Waals surface area (Å²) in [5.41, 5.74) is 7.33. The van der Waals surface area contributed by atoms with Crippen LogP contribution in [0.25, 0.3) is 11.2 Å². The summed E-state index contributed by atoms with van der Waals surface area (Å²) in [6.07, 6.45) is 7.35. The predicted octanol–water partition coefficient (Wildman–Crippen LogP) is 1.00. The zero-order chi connectivity index (χ0) is 11.7. The van der Waals surface area contributed by atoms with Gasteiger partial charge in [0.1, 0.15) is 17.9 Å². The van der Waals surface area contributed by atoms with Crippen molar-refractivity contribution in [1.82, 2.24) is 19.9 Å². The van der Waals surface area contributed by atoms with Crippen molar-refractivity contribution in [3.05, 3.63) is 12.7 Å². The maximum Gasteiger partial charge on any atom is 0.243 e. The molecule has 1 fully saturated rings. The first kappa shape index (κ1) is 10.5. The molecule has 0 aromatic carbocycles. The second-order valence-corrected chi connectivity index (χ2v) is 4.45. The highest BCUT2D eigenvalue weighted by Crippen LogP contribution is 2.24. The monoisotopic (exact) mass is 233 g/mol. The van der Waals surface area contributed by atoms with Gasteiger partial charge >= 0.3 is 0 Å². The summed E-state index contributed by atoms with van der Waals surface area (Å²) < 4.78 is 5.89. The van der Waals surface area contributed by atoms with Gasteiger partial charge in [0.15, 0.2) is 5.65 Å². The van der Waals surface area contributed by atoms with E-state index in [1.54, 1.807) is 6.33 Å². The molecule has 0 saturated heterocycles. The summed E-state index contributed by atoms with van der Waals surface area (Å²) in [6.45, 7) is 0. The van der Waals surface area contributed by atoms with Crippen LogP contribution in [-0.4, -0.2) is 32.1 Å². The largest absolute Gasteiger partial charge is 0.473 e. The molecule has 1 saturated carbocycles. The molecule has 1 aliphatic carbocycles. The van der Waals surface area contributed by atoms with Crippen molar-refractivity contribution in [2.45, 2.75) is 37.8 Å². The Morgan fingerprint density at radius 1 is 1.29 bits per heavy atom. The van der Waals surface area contributed by atoms with Crippen LogP contribution in [0.3, 0.4) is 0 Å². The van der Waals surface area contributed by atoms with E-state index in [9.17, 15) is 0 Å². The highest BCUT2D eigenvalue weighted by atomic mass is 16.5. The van der Waals surface area contributed by atoms with E-state index >= 15 is 0 Å². The third-order valence-corrected chi connectivity index (χ3v) is 3.13. The van der Waals surface area contributed by atoms with Crippen LogP contribution in [0, 0.1) is 0 Å². The minimum Gasteiger partial charge on any atom is -0.473 e. The van der Waals surface area contributed by atoms with Crippen LogP contribution in [0.15, 0.2) is 12.7 Å². The number of H-pyrrole nitrogens is 1. The SMILES string of the molecule is NC1CCCC(Oc2ncnc3nc[nH]c23)C1. The molecule has 0 aliphatic heterocycles. The number of aromatic amines is 1. The van der Waals surface area contributed by atoms with Gasteiger partial charge in [0, 0.05) is 6.04 Å². The molecule has 0 spiro atoms. The van der Waals surface area contributed by atoms with Crippen molar-refractivity contribution in [1.29, 1.82) is 0 Å². The van der Waals surface area contributed by atoms with Gasteiger partial charge in [-0.05, 0) is 25.7 Å². The lowest BCUT2D eigenvalue weighted by Crippen LogP contribution is -2.33. The number of nitrogens with one attached hydrogen (secondary N) is 1. The summed E-state index contributed by atoms with van der Waals surface area (Å²) in [6, 6.07) is 0.243. The van der Waals surface area contributed by atoms with Crippen molar-refractivity contribution in [2.24, 2.45) is 5.73 Å². The van der Waals surface area contributed by atoms with E-state index in [0.29, 0.717) is 11.5 Å². The molecular formula is C11H15N5O. The highest BCUT2D eigenvalue weighted by molar-refractivity contribution is 5.74. The molecular weight excluding hydrogens is 218 g/mol. The number of hydrogen-bond acceptors (Lipinski definition) is 5. The Balaban J connectivity index is 1.82. The lowest BCUT2D eigenvalue weighted by Gasteiger charge is -2.26. The molecule has 6 nitrogen and oxygen atoms in total. The van der Waals surface area contributed by atoms with E-state index in [1.165, 1.54) is 6.33 Å². The first-order valence-corrected chi connectivity index (χ1v) is 5.89. The Hall–Kier alpha value is -1.69. The average molecular weight is 233 g/mol. The summed E-state index contributed by atoms with van der Waals surface area (Å²) in [5.74, 6) is 0.576. The minimum absolute atomic E-state index is 0.153. The molecule has 2 aromatic rings. The quantitative estimate of drug-likeness (QED) is 0.807. The van der Waals surface area contributed by atoms with Gasteiger partial charge in [0.05, 0.1) is 6.33 Å². The van der Waals surface area contributed by atoms with Gasteiger partial charge in [-0.15, -0.1) is 0 Å². The molecule has 2 aromatic heterocycles. The molecule has 2 atom stereocenters. The lowest BCUT2D eigenvalue weighted by atomic mass is 9.94. The van der Waals surface area contributed by atoms with Gasteiger partial charge in [-0.3, -0.25) is 0 Å². The van der Waals surface area contributed by atoms with Crippen LogP contribution in [0.1, 0.15) is 25.7 Å². The maximum atomic E-state index is 5.94. The number of imidazole rings is 1. The maximum absolute atomic E-state index is 5.94. The van der Waals surface area contributed by atoms with Crippen molar-refractivity contribution in [2.75, 3.05) is 0 Å². The van der Waals surface area contributed by atoms with E-state index in [2.05, 4.69) is 19.9 Å². The van der Waals surface area contributed by atoms with Crippen molar-refractivity contribution in [3.63, 3.8) is 0 Å². The Morgan fingerprint density at radius 2 is 2.24 bits per heavy atom. The molecule has 3 N–H and O–H groups in total. The van der Waals surface area contributed by atoms with E-state index < -0.39 is 0 Å². The second kappa shape index (κ2) is 4.29. The topological polar surface area (TPSA) is 89.7 Å². The summed E-state index contributed by atoms with van der Waals surface area (Å²) in [4.78, 5) is 15.3. The minimum atomic E-state index is 0.153. The number of nitrogens with two attached hydrogens (primary N) is 1. The fourth-order valence-electron chi connectivity index (χ4n) is 2.28. The van der Waals surface area contributed by atoms with Crippen LogP contribution >= 0.6 is 0 Å². The Bertz CT molecular complexity index is 511. The standard InChI is InChI=1S/C11H15N5O/c12-7-2-1-3-8(4-7)17-11-9-10(14-5-13-9)15-6-16-11/h5-8H,1-4,12H2,(H,13,14,15,16). The number of aromatic nitrogens is 4. The molecule has 1 aliphatic rings. The van der Waals surface area contributed by atoms with Gasteiger partial charge in [0.25, 0.3) is 0 Å². The molecule has 0 amide bonds. The number of hydrogen-bond donors (Lipinski definition) is 2. The second-order valence-electron chi connectivity index (χ2n) is 4.45. The molecule has 0 radical (unpaired) electrons. The molecule has 17 heavy (non-hydrogen) atoms. The van der Waals surface area contributed by atoms with Gasteiger partial charge in [-0.1, -0.05) is 0 Å². The average Bonchev–Trinajstić information content (AvgIpc) is 2.78. The van der Waals surface area contributed by atoms with Crippen molar-refractivity contribution in [3.8, 4) is 5.88 Å². The van der Waals surface area contributed by atoms with Crippen LogP contribution in [0.2, 0.25) is 0 Å². The number of nitrogens with zero attached hydrogens (tertiary/aromatic N) is 3. The molecule has 2 unspecified atom stereocenters. The van der Waals surface area contributed by atoms with Gasteiger partial charge < -0.3 is 15.5 Å². The van der Waals surface area contributed by atoms with Crippen LogP contribution in [-0.2, 0) is 0 Å². The zero-order valence-electron chi connectivity index (χ0n) is 9.47. The summed E-state index contributed by atoms with van der Waals surface area (Å²) in [5, 5.41) is 0. The van der Waals surface area contributed by atoms with Gasteiger partial charge in [-0.25, -0.2) is 9.97 Å². The first-order valence-electron chi connectivity index (χ1n) is 5.89. The Labute approximate surface area is 98.6 Å². The summed E-state index contributed by atoms with van der Waals surface area (Å²) in [7, 11) is 0. The smallest absolute Gasteiger partial charge is 0.243 e. The molecule has 2 heterocycles.